The SMILES string of the molecule is CCn1ccnc1NCC(C)N1CCCC1. The van der Waals surface area contributed by atoms with Crippen molar-refractivity contribution in [1.82, 2.24) is 14.5 Å². The van der Waals surface area contributed by atoms with Crippen molar-refractivity contribution in [2.45, 2.75) is 39.3 Å². The van der Waals surface area contributed by atoms with E-state index >= 15 is 0 Å². The quantitative estimate of drug-likeness (QED) is 0.824. The molecular weight excluding hydrogens is 200 g/mol. The summed E-state index contributed by atoms with van der Waals surface area (Å²) in [5, 5.41) is 3.43. The van der Waals surface area contributed by atoms with Crippen LogP contribution in [-0.2, 0) is 6.54 Å². The highest BCUT2D eigenvalue weighted by Crippen LogP contribution is 2.12. The third kappa shape index (κ3) is 2.55. The van der Waals surface area contributed by atoms with E-state index < -0.39 is 0 Å². The van der Waals surface area contributed by atoms with E-state index in [4.69, 9.17) is 0 Å². The number of nitrogens with one attached hydrogen (secondary N) is 1. The molecule has 0 aromatic carbocycles. The van der Waals surface area contributed by atoms with E-state index in [-0.39, 0.29) is 0 Å². The lowest BCUT2D eigenvalue weighted by Crippen LogP contribution is -2.36. The van der Waals surface area contributed by atoms with Gasteiger partial charge in [-0.15, -0.1) is 0 Å². The third-order valence-electron chi connectivity index (χ3n) is 3.38. The lowest BCUT2D eigenvalue weighted by molar-refractivity contribution is 0.268. The molecule has 4 heteroatoms. The summed E-state index contributed by atoms with van der Waals surface area (Å²) in [6.45, 7) is 8.89. The van der Waals surface area contributed by atoms with Gasteiger partial charge in [0.05, 0.1) is 0 Å². The maximum Gasteiger partial charge on any atom is 0.202 e. The Bertz CT molecular complexity index is 315. The fourth-order valence-corrected chi connectivity index (χ4v) is 2.28. The molecule has 16 heavy (non-hydrogen) atoms. The summed E-state index contributed by atoms with van der Waals surface area (Å²) in [5.41, 5.74) is 0. The minimum Gasteiger partial charge on any atom is -0.354 e. The molecule has 1 aliphatic rings. The molecule has 1 N–H and O–H groups in total. The van der Waals surface area contributed by atoms with Crippen molar-refractivity contribution in [3.63, 3.8) is 0 Å². The number of rotatable bonds is 5. The van der Waals surface area contributed by atoms with Gasteiger partial charge in [0.15, 0.2) is 0 Å². The van der Waals surface area contributed by atoms with Gasteiger partial charge in [-0.2, -0.15) is 0 Å². The number of likely N-dealkylation sites (tertiary alicyclic amines) is 1. The topological polar surface area (TPSA) is 33.1 Å². The van der Waals surface area contributed by atoms with Crippen molar-refractivity contribution in [2.24, 2.45) is 0 Å². The van der Waals surface area contributed by atoms with Gasteiger partial charge in [-0.3, -0.25) is 4.90 Å². The Kier molecular flexibility index (Phi) is 3.83. The molecule has 1 fully saturated rings. The van der Waals surface area contributed by atoms with Gasteiger partial charge in [0, 0.05) is 31.5 Å². The van der Waals surface area contributed by atoms with Crippen molar-refractivity contribution in [1.29, 1.82) is 0 Å². The van der Waals surface area contributed by atoms with Crippen LogP contribution in [0.5, 0.6) is 0 Å². The minimum atomic E-state index is 0.601. The van der Waals surface area contributed by atoms with Crippen molar-refractivity contribution < 1.29 is 0 Å². The summed E-state index contributed by atoms with van der Waals surface area (Å²) < 4.78 is 2.14. The second kappa shape index (κ2) is 5.34. The molecule has 0 amide bonds. The third-order valence-corrected chi connectivity index (χ3v) is 3.38. The molecule has 1 aliphatic heterocycles. The zero-order valence-corrected chi connectivity index (χ0v) is 10.3. The molecule has 1 saturated heterocycles. The van der Waals surface area contributed by atoms with Crippen LogP contribution in [0.25, 0.3) is 0 Å². The van der Waals surface area contributed by atoms with E-state index in [1.807, 2.05) is 12.4 Å². The van der Waals surface area contributed by atoms with Crippen LogP contribution in [0, 0.1) is 0 Å². The van der Waals surface area contributed by atoms with Crippen LogP contribution in [0.15, 0.2) is 12.4 Å². The number of nitrogens with zero attached hydrogens (tertiary/aromatic N) is 3. The summed E-state index contributed by atoms with van der Waals surface area (Å²) in [4.78, 5) is 6.87. The Morgan fingerprint density at radius 3 is 2.88 bits per heavy atom. The number of anilines is 1. The molecule has 90 valence electrons. The van der Waals surface area contributed by atoms with Crippen LogP contribution < -0.4 is 5.32 Å². The Hall–Kier alpha value is -1.03. The molecule has 1 aromatic rings. The van der Waals surface area contributed by atoms with Gasteiger partial charge >= 0.3 is 0 Å². The number of aryl methyl sites for hydroxylation is 1. The van der Waals surface area contributed by atoms with Crippen molar-refractivity contribution in [2.75, 3.05) is 25.0 Å². The Labute approximate surface area is 97.7 Å². The van der Waals surface area contributed by atoms with E-state index in [9.17, 15) is 0 Å². The van der Waals surface area contributed by atoms with Gasteiger partial charge in [0.1, 0.15) is 0 Å². The molecule has 0 spiro atoms. The molecule has 1 aromatic heterocycles. The smallest absolute Gasteiger partial charge is 0.202 e. The maximum atomic E-state index is 4.32. The van der Waals surface area contributed by atoms with Gasteiger partial charge in [-0.1, -0.05) is 0 Å². The Morgan fingerprint density at radius 1 is 1.44 bits per heavy atom. The molecular formula is C12H22N4. The summed E-state index contributed by atoms with van der Waals surface area (Å²) in [7, 11) is 0. The molecule has 2 rings (SSSR count). The second-order valence-corrected chi connectivity index (χ2v) is 4.51. The number of hydrogen-bond acceptors (Lipinski definition) is 3. The standard InChI is InChI=1S/C12H22N4/c1-3-15-9-6-13-12(15)14-10-11(2)16-7-4-5-8-16/h6,9,11H,3-5,7-8,10H2,1-2H3,(H,13,14). The van der Waals surface area contributed by atoms with Crippen LogP contribution in [0.4, 0.5) is 5.95 Å². The first-order chi connectivity index (χ1) is 7.81. The van der Waals surface area contributed by atoms with Crippen molar-refractivity contribution in [3.8, 4) is 0 Å². The molecule has 1 atom stereocenters. The van der Waals surface area contributed by atoms with Crippen LogP contribution in [0.3, 0.4) is 0 Å². The van der Waals surface area contributed by atoms with Crippen LogP contribution in [-0.4, -0.2) is 40.1 Å². The zero-order chi connectivity index (χ0) is 11.4. The van der Waals surface area contributed by atoms with Gasteiger partial charge in [-0.05, 0) is 39.8 Å². The van der Waals surface area contributed by atoms with E-state index in [0.29, 0.717) is 6.04 Å². The lowest BCUT2D eigenvalue weighted by Gasteiger charge is -2.24. The average Bonchev–Trinajstić information content (AvgIpc) is 2.96. The summed E-state index contributed by atoms with van der Waals surface area (Å²) in [6, 6.07) is 0.601. The summed E-state index contributed by atoms with van der Waals surface area (Å²) in [6.07, 6.45) is 6.58. The van der Waals surface area contributed by atoms with E-state index in [1.165, 1.54) is 25.9 Å². The molecule has 0 aliphatic carbocycles. The highest BCUT2D eigenvalue weighted by atomic mass is 15.2. The number of hydrogen-bond donors (Lipinski definition) is 1. The molecule has 0 radical (unpaired) electrons. The van der Waals surface area contributed by atoms with Crippen LogP contribution in [0.1, 0.15) is 26.7 Å². The van der Waals surface area contributed by atoms with Crippen molar-refractivity contribution in [3.05, 3.63) is 12.4 Å². The average molecular weight is 222 g/mol. The predicted molar refractivity (Wildman–Crippen MR) is 66.7 cm³/mol. The van der Waals surface area contributed by atoms with E-state index in [1.54, 1.807) is 0 Å². The monoisotopic (exact) mass is 222 g/mol. The Balaban J connectivity index is 1.82. The Morgan fingerprint density at radius 2 is 2.19 bits per heavy atom. The van der Waals surface area contributed by atoms with Crippen molar-refractivity contribution >= 4 is 5.95 Å². The molecule has 2 heterocycles. The molecule has 4 nitrogen and oxygen atoms in total. The fourth-order valence-electron chi connectivity index (χ4n) is 2.28. The minimum absolute atomic E-state index is 0.601. The van der Waals surface area contributed by atoms with Gasteiger partial charge in [0.25, 0.3) is 0 Å². The highest BCUT2D eigenvalue weighted by molar-refractivity contribution is 5.25. The molecule has 1 unspecified atom stereocenters. The van der Waals surface area contributed by atoms with E-state index in [2.05, 4.69) is 33.6 Å². The maximum absolute atomic E-state index is 4.32. The number of aromatic nitrogens is 2. The largest absolute Gasteiger partial charge is 0.354 e. The second-order valence-electron chi connectivity index (χ2n) is 4.51. The van der Waals surface area contributed by atoms with Crippen LogP contribution >= 0.6 is 0 Å². The molecule has 0 bridgehead atoms. The fraction of sp³-hybridized carbons (Fsp3) is 0.750. The highest BCUT2D eigenvalue weighted by Gasteiger charge is 2.17. The molecule has 0 saturated carbocycles. The van der Waals surface area contributed by atoms with Gasteiger partial charge in [-0.25, -0.2) is 4.98 Å². The number of imidazole rings is 1. The normalized spacial score (nSPS) is 18.9. The zero-order valence-electron chi connectivity index (χ0n) is 10.3. The van der Waals surface area contributed by atoms with E-state index in [0.717, 1.165) is 19.0 Å². The first-order valence-electron chi connectivity index (χ1n) is 6.30. The first kappa shape index (κ1) is 11.5. The predicted octanol–water partition coefficient (Wildman–Crippen LogP) is 1.80. The van der Waals surface area contributed by atoms with Gasteiger partial charge < -0.3 is 9.88 Å². The van der Waals surface area contributed by atoms with Gasteiger partial charge in [0.2, 0.25) is 5.95 Å². The van der Waals surface area contributed by atoms with Crippen LogP contribution in [0.2, 0.25) is 0 Å². The lowest BCUT2D eigenvalue weighted by atomic mass is 10.3. The first-order valence-corrected chi connectivity index (χ1v) is 6.30. The summed E-state index contributed by atoms with van der Waals surface area (Å²) >= 11 is 0. The summed E-state index contributed by atoms with van der Waals surface area (Å²) in [5.74, 6) is 0.994.